The summed E-state index contributed by atoms with van der Waals surface area (Å²) in [4.78, 5) is 5.39. The lowest BCUT2D eigenvalue weighted by atomic mass is 10.2. The number of anilines is 2. The summed E-state index contributed by atoms with van der Waals surface area (Å²) < 4.78 is 13.1. The van der Waals surface area contributed by atoms with E-state index >= 15 is 0 Å². The number of hydrogen-bond acceptors (Lipinski definition) is 3. The lowest BCUT2D eigenvalue weighted by Crippen LogP contribution is -2.30. The van der Waals surface area contributed by atoms with Crippen LogP contribution in [0.15, 0.2) is 18.2 Å². The lowest BCUT2D eigenvalue weighted by molar-refractivity contribution is 0.0780. The van der Waals surface area contributed by atoms with Gasteiger partial charge in [-0.05, 0) is 25.0 Å². The zero-order valence-electron chi connectivity index (χ0n) is 7.87. The largest absolute Gasteiger partial charge is 0.395 e. The normalized spacial score (nSPS) is 17.1. The van der Waals surface area contributed by atoms with E-state index in [9.17, 15) is 4.39 Å². The van der Waals surface area contributed by atoms with E-state index in [0.29, 0.717) is 12.3 Å². The maximum absolute atomic E-state index is 13.1. The van der Waals surface area contributed by atoms with Gasteiger partial charge in [0.2, 0.25) is 0 Å². The monoisotopic (exact) mass is 196 g/mol. The molecule has 1 saturated heterocycles. The van der Waals surface area contributed by atoms with Crippen molar-refractivity contribution in [2.75, 3.05) is 23.9 Å². The number of benzene rings is 1. The van der Waals surface area contributed by atoms with E-state index in [1.807, 2.05) is 0 Å². The molecule has 0 unspecified atom stereocenters. The number of nitrogens with two attached hydrogens (primary N) is 1. The highest BCUT2D eigenvalue weighted by Gasteiger charge is 2.15. The smallest absolute Gasteiger partial charge is 0.148 e. The van der Waals surface area contributed by atoms with Gasteiger partial charge in [0.1, 0.15) is 5.82 Å². The van der Waals surface area contributed by atoms with E-state index in [0.717, 1.165) is 19.4 Å². The first-order chi connectivity index (χ1) is 6.79. The second-order valence-corrected chi connectivity index (χ2v) is 3.32. The molecule has 0 aromatic heterocycles. The Morgan fingerprint density at radius 2 is 2.21 bits per heavy atom. The van der Waals surface area contributed by atoms with Crippen molar-refractivity contribution >= 4 is 11.4 Å². The van der Waals surface area contributed by atoms with Crippen molar-refractivity contribution < 1.29 is 9.23 Å². The van der Waals surface area contributed by atoms with Crippen molar-refractivity contribution in [3.63, 3.8) is 0 Å². The molecule has 1 aliphatic heterocycles. The highest BCUT2D eigenvalue weighted by Crippen LogP contribution is 2.27. The van der Waals surface area contributed by atoms with Gasteiger partial charge in [-0.2, -0.15) is 0 Å². The quantitative estimate of drug-likeness (QED) is 0.697. The summed E-state index contributed by atoms with van der Waals surface area (Å²) in [7, 11) is 0. The third-order valence-electron chi connectivity index (χ3n) is 2.30. The molecule has 0 spiro atoms. The van der Waals surface area contributed by atoms with Crippen molar-refractivity contribution in [1.29, 1.82) is 0 Å². The summed E-state index contributed by atoms with van der Waals surface area (Å²) in [5, 5.41) is 1.67. The number of nitrogen functional groups attached to an aromatic ring is 1. The van der Waals surface area contributed by atoms with Gasteiger partial charge in [-0.15, -0.1) is 0 Å². The van der Waals surface area contributed by atoms with Gasteiger partial charge in [-0.3, -0.25) is 9.90 Å². The molecule has 1 aliphatic rings. The predicted octanol–water partition coefficient (Wildman–Crippen LogP) is 1.94. The zero-order chi connectivity index (χ0) is 9.97. The molecule has 1 aromatic rings. The van der Waals surface area contributed by atoms with Crippen molar-refractivity contribution in [2.24, 2.45) is 0 Å². The molecule has 0 amide bonds. The Kier molecular flexibility index (Phi) is 2.54. The Hall–Kier alpha value is -1.29. The summed E-state index contributed by atoms with van der Waals surface area (Å²) in [5.41, 5.74) is 6.41. The molecule has 0 radical (unpaired) electrons. The fraction of sp³-hybridized carbons (Fsp3) is 0.400. The summed E-state index contributed by atoms with van der Waals surface area (Å²) >= 11 is 0. The molecule has 1 aromatic carbocycles. The molecule has 3 nitrogen and oxygen atoms in total. The van der Waals surface area contributed by atoms with Crippen LogP contribution in [0.25, 0.3) is 0 Å². The molecule has 0 aliphatic carbocycles. The fourth-order valence-electron chi connectivity index (χ4n) is 1.53. The zero-order valence-corrected chi connectivity index (χ0v) is 7.87. The van der Waals surface area contributed by atoms with Crippen LogP contribution in [0.5, 0.6) is 0 Å². The SMILES string of the molecule is Nc1c(F)cccc1N1CCCCO1. The van der Waals surface area contributed by atoms with E-state index in [1.165, 1.54) is 6.07 Å². The summed E-state index contributed by atoms with van der Waals surface area (Å²) in [5.74, 6) is -0.392. The molecular weight excluding hydrogens is 183 g/mol. The van der Waals surface area contributed by atoms with E-state index in [1.54, 1.807) is 17.2 Å². The highest BCUT2D eigenvalue weighted by atomic mass is 19.1. The average molecular weight is 196 g/mol. The molecule has 1 heterocycles. The predicted molar refractivity (Wildman–Crippen MR) is 53.3 cm³/mol. The van der Waals surface area contributed by atoms with Gasteiger partial charge >= 0.3 is 0 Å². The van der Waals surface area contributed by atoms with Crippen molar-refractivity contribution in [2.45, 2.75) is 12.8 Å². The minimum absolute atomic E-state index is 0.161. The van der Waals surface area contributed by atoms with Crippen LogP contribution in [0.4, 0.5) is 15.8 Å². The summed E-state index contributed by atoms with van der Waals surface area (Å²) in [6.07, 6.45) is 2.10. The molecule has 2 rings (SSSR count). The molecule has 14 heavy (non-hydrogen) atoms. The first-order valence-corrected chi connectivity index (χ1v) is 4.73. The molecule has 0 saturated carbocycles. The second-order valence-electron chi connectivity index (χ2n) is 3.32. The molecular formula is C10H13FN2O. The standard InChI is InChI=1S/C10H13FN2O/c11-8-4-3-5-9(10(8)12)13-6-1-2-7-14-13/h3-5H,1-2,6-7,12H2. The van der Waals surface area contributed by atoms with Crippen LogP contribution in [-0.2, 0) is 4.84 Å². The second kappa shape index (κ2) is 3.84. The van der Waals surface area contributed by atoms with Gasteiger partial charge < -0.3 is 5.73 Å². The maximum Gasteiger partial charge on any atom is 0.148 e. The molecule has 76 valence electrons. The lowest BCUT2D eigenvalue weighted by Gasteiger charge is -2.28. The first-order valence-electron chi connectivity index (χ1n) is 4.73. The Bertz CT molecular complexity index is 324. The Labute approximate surface area is 82.2 Å². The fourth-order valence-corrected chi connectivity index (χ4v) is 1.53. The number of nitrogens with zero attached hydrogens (tertiary/aromatic N) is 1. The van der Waals surface area contributed by atoms with Crippen LogP contribution in [-0.4, -0.2) is 13.2 Å². The Balaban J connectivity index is 2.26. The minimum Gasteiger partial charge on any atom is -0.395 e. The van der Waals surface area contributed by atoms with Crippen LogP contribution >= 0.6 is 0 Å². The molecule has 2 N–H and O–H groups in total. The average Bonchev–Trinajstić information content (AvgIpc) is 2.23. The van der Waals surface area contributed by atoms with Crippen LogP contribution in [0, 0.1) is 5.82 Å². The number of halogens is 1. The summed E-state index contributed by atoms with van der Waals surface area (Å²) in [6, 6.07) is 4.76. The van der Waals surface area contributed by atoms with E-state index < -0.39 is 5.82 Å². The number of hydrogen-bond donors (Lipinski definition) is 1. The number of hydroxylamine groups is 1. The molecule has 0 atom stereocenters. The van der Waals surface area contributed by atoms with Gasteiger partial charge in [0.05, 0.1) is 18.0 Å². The van der Waals surface area contributed by atoms with Gasteiger partial charge in [0, 0.05) is 6.54 Å². The molecule has 0 bridgehead atoms. The van der Waals surface area contributed by atoms with Crippen molar-refractivity contribution in [3.8, 4) is 0 Å². The third kappa shape index (κ3) is 1.65. The van der Waals surface area contributed by atoms with E-state index in [2.05, 4.69) is 0 Å². The number of rotatable bonds is 1. The van der Waals surface area contributed by atoms with Gasteiger partial charge in [-0.25, -0.2) is 4.39 Å². The molecule has 1 fully saturated rings. The van der Waals surface area contributed by atoms with Crippen molar-refractivity contribution in [3.05, 3.63) is 24.0 Å². The van der Waals surface area contributed by atoms with E-state index in [4.69, 9.17) is 10.6 Å². The van der Waals surface area contributed by atoms with Gasteiger partial charge in [0.25, 0.3) is 0 Å². The van der Waals surface area contributed by atoms with Gasteiger partial charge in [0.15, 0.2) is 0 Å². The van der Waals surface area contributed by atoms with Gasteiger partial charge in [-0.1, -0.05) is 6.07 Å². The maximum atomic E-state index is 13.1. The highest BCUT2D eigenvalue weighted by molar-refractivity contribution is 5.66. The van der Waals surface area contributed by atoms with Crippen LogP contribution < -0.4 is 10.8 Å². The summed E-state index contributed by atoms with van der Waals surface area (Å²) in [6.45, 7) is 1.45. The Morgan fingerprint density at radius 1 is 1.36 bits per heavy atom. The molecule has 4 heteroatoms. The van der Waals surface area contributed by atoms with Crippen LogP contribution in [0.1, 0.15) is 12.8 Å². The third-order valence-corrected chi connectivity index (χ3v) is 2.30. The first kappa shape index (κ1) is 9.27. The Morgan fingerprint density at radius 3 is 2.93 bits per heavy atom. The van der Waals surface area contributed by atoms with Crippen LogP contribution in [0.2, 0.25) is 0 Å². The van der Waals surface area contributed by atoms with Crippen molar-refractivity contribution in [1.82, 2.24) is 0 Å². The van der Waals surface area contributed by atoms with Crippen LogP contribution in [0.3, 0.4) is 0 Å². The number of para-hydroxylation sites is 1. The van der Waals surface area contributed by atoms with E-state index in [-0.39, 0.29) is 5.69 Å². The minimum atomic E-state index is -0.392. The topological polar surface area (TPSA) is 38.5 Å².